The number of ether oxygens (including phenoxy) is 5. The van der Waals surface area contributed by atoms with Crippen molar-refractivity contribution in [2.45, 2.75) is 71.8 Å². The first-order chi connectivity index (χ1) is 20.1. The van der Waals surface area contributed by atoms with Gasteiger partial charge in [-0.3, -0.25) is 9.59 Å². The van der Waals surface area contributed by atoms with Crippen LogP contribution >= 0.6 is 0 Å². The Morgan fingerprint density at radius 3 is 2.26 bits per heavy atom. The number of esters is 2. The second-order valence-electron chi connectivity index (χ2n) is 10.5. The number of allylic oxidation sites excluding steroid dienone is 3. The fourth-order valence-electron chi connectivity index (χ4n) is 5.53. The van der Waals surface area contributed by atoms with Crippen LogP contribution in [0.3, 0.4) is 0 Å². The molecule has 0 saturated carbocycles. The molecule has 0 fully saturated rings. The lowest BCUT2D eigenvalue weighted by atomic mass is 9.71. The molecular weight excluding hydrogens is 538 g/mol. The first-order valence-corrected chi connectivity index (χ1v) is 14.2. The maximum atomic E-state index is 14.0. The number of Topliss-reactive ketones (excluding diaryl/α,β-unsaturated/α-hetero) is 1. The average Bonchev–Trinajstić information content (AvgIpc) is 2.96. The van der Waals surface area contributed by atoms with E-state index in [0.29, 0.717) is 59.1 Å². The van der Waals surface area contributed by atoms with Crippen molar-refractivity contribution in [1.82, 2.24) is 5.32 Å². The predicted octanol–water partition coefficient (Wildman–Crippen LogP) is 5.73. The summed E-state index contributed by atoms with van der Waals surface area (Å²) in [6.45, 7) is 9.08. The highest BCUT2D eigenvalue weighted by atomic mass is 16.6. The zero-order valence-corrected chi connectivity index (χ0v) is 25.3. The fourth-order valence-corrected chi connectivity index (χ4v) is 5.53. The fraction of sp³-hybridized carbons (Fsp3) is 0.424. The maximum Gasteiger partial charge on any atom is 0.337 e. The molecular formula is C33H39NO8. The molecule has 0 amide bonds. The summed E-state index contributed by atoms with van der Waals surface area (Å²) in [5, 5.41) is 3.38. The van der Waals surface area contributed by atoms with Crippen LogP contribution in [-0.4, -0.2) is 44.7 Å². The van der Waals surface area contributed by atoms with Crippen molar-refractivity contribution >= 4 is 17.7 Å². The van der Waals surface area contributed by atoms with Crippen LogP contribution in [0.2, 0.25) is 0 Å². The number of benzene rings is 2. The molecule has 1 aliphatic carbocycles. The van der Waals surface area contributed by atoms with E-state index in [1.54, 1.807) is 32.4 Å². The summed E-state index contributed by atoms with van der Waals surface area (Å²) < 4.78 is 27.8. The van der Waals surface area contributed by atoms with Crippen LogP contribution in [0.25, 0.3) is 0 Å². The Hall–Kier alpha value is -4.27. The largest absolute Gasteiger partial charge is 0.493 e. The van der Waals surface area contributed by atoms with E-state index in [2.05, 4.69) is 5.32 Å². The zero-order chi connectivity index (χ0) is 30.6. The molecule has 1 N–H and O–H groups in total. The van der Waals surface area contributed by atoms with Gasteiger partial charge in [-0.15, -0.1) is 0 Å². The van der Waals surface area contributed by atoms with Gasteiger partial charge in [0, 0.05) is 36.2 Å². The molecule has 0 saturated heterocycles. The molecule has 2 aromatic rings. The van der Waals surface area contributed by atoms with Crippen LogP contribution in [-0.2, 0) is 19.1 Å². The number of hydrogen-bond donors (Lipinski definition) is 1. The standard InChI is InChI=1S/C33H39NO8/c1-8-18(3)41-33(37)30-19(4)34-24-14-23(21-10-12-26(38-6)28(16-21)39-7)15-25(36)32(24)31(30)22-11-13-27(42-20(5)35)29(17-22)40-9-2/h10-13,16-18,23,31,34H,8-9,14-15H2,1-7H3. The third kappa shape index (κ3) is 6.30. The van der Waals surface area contributed by atoms with Gasteiger partial charge in [-0.2, -0.15) is 0 Å². The van der Waals surface area contributed by atoms with Crippen LogP contribution in [0.15, 0.2) is 58.9 Å². The molecule has 3 unspecified atom stereocenters. The van der Waals surface area contributed by atoms with Gasteiger partial charge in [0.05, 0.1) is 32.5 Å². The zero-order valence-electron chi connectivity index (χ0n) is 25.3. The Labute approximate surface area is 246 Å². The van der Waals surface area contributed by atoms with Gasteiger partial charge >= 0.3 is 11.9 Å². The van der Waals surface area contributed by atoms with Crippen molar-refractivity contribution in [2.24, 2.45) is 0 Å². The highest BCUT2D eigenvalue weighted by Gasteiger charge is 2.42. The van der Waals surface area contributed by atoms with Crippen LogP contribution in [0, 0.1) is 0 Å². The van der Waals surface area contributed by atoms with Gasteiger partial charge in [0.25, 0.3) is 0 Å². The highest BCUT2D eigenvalue weighted by molar-refractivity contribution is 6.04. The molecule has 0 bridgehead atoms. The van der Waals surface area contributed by atoms with Crippen molar-refractivity contribution in [3.8, 4) is 23.0 Å². The van der Waals surface area contributed by atoms with E-state index in [9.17, 15) is 14.4 Å². The third-order valence-corrected chi connectivity index (χ3v) is 7.66. The average molecular weight is 578 g/mol. The van der Waals surface area contributed by atoms with Crippen molar-refractivity contribution in [3.63, 3.8) is 0 Å². The van der Waals surface area contributed by atoms with Gasteiger partial charge in [-0.25, -0.2) is 4.79 Å². The van der Waals surface area contributed by atoms with Gasteiger partial charge in [0.1, 0.15) is 0 Å². The van der Waals surface area contributed by atoms with Crippen LogP contribution in [0.5, 0.6) is 23.0 Å². The lowest BCUT2D eigenvalue weighted by Crippen LogP contribution is -2.36. The first-order valence-electron chi connectivity index (χ1n) is 14.2. The van der Waals surface area contributed by atoms with Gasteiger partial charge < -0.3 is 29.0 Å². The minimum absolute atomic E-state index is 0.0723. The number of nitrogens with one attached hydrogen (secondary N) is 1. The number of carbonyl (C=O) groups excluding carboxylic acids is 3. The molecule has 1 heterocycles. The smallest absolute Gasteiger partial charge is 0.337 e. The predicted molar refractivity (Wildman–Crippen MR) is 157 cm³/mol. The Morgan fingerprint density at radius 1 is 0.952 bits per heavy atom. The number of hydrogen-bond acceptors (Lipinski definition) is 9. The lowest BCUT2D eigenvalue weighted by molar-refractivity contribution is -0.144. The second kappa shape index (κ2) is 13.1. The second-order valence-corrected chi connectivity index (χ2v) is 10.5. The van der Waals surface area contributed by atoms with Gasteiger partial charge in [0.2, 0.25) is 0 Å². The third-order valence-electron chi connectivity index (χ3n) is 7.66. The lowest BCUT2D eigenvalue weighted by Gasteiger charge is -2.37. The molecule has 9 nitrogen and oxygen atoms in total. The van der Waals surface area contributed by atoms with Crippen molar-refractivity contribution in [2.75, 3.05) is 20.8 Å². The van der Waals surface area contributed by atoms with E-state index in [1.165, 1.54) is 6.92 Å². The van der Waals surface area contributed by atoms with E-state index in [4.69, 9.17) is 23.7 Å². The number of carbonyl (C=O) groups is 3. The Bertz CT molecular complexity index is 1440. The van der Waals surface area contributed by atoms with Crippen LogP contribution in [0.4, 0.5) is 0 Å². The summed E-state index contributed by atoms with van der Waals surface area (Å²) in [6, 6.07) is 10.8. The molecule has 9 heteroatoms. The molecule has 2 aromatic carbocycles. The Balaban J connectivity index is 1.82. The molecule has 224 valence electrons. The van der Waals surface area contributed by atoms with E-state index >= 15 is 0 Å². The highest BCUT2D eigenvalue weighted by Crippen LogP contribution is 2.47. The summed E-state index contributed by atoms with van der Waals surface area (Å²) in [5.74, 6) is 0.00304. The number of dihydropyridines is 1. The molecule has 0 spiro atoms. The van der Waals surface area contributed by atoms with E-state index in [1.807, 2.05) is 45.9 Å². The van der Waals surface area contributed by atoms with Crippen molar-refractivity contribution in [3.05, 3.63) is 70.1 Å². The van der Waals surface area contributed by atoms with Crippen molar-refractivity contribution < 1.29 is 38.1 Å². The summed E-state index contributed by atoms with van der Waals surface area (Å²) in [5.41, 5.74) is 3.90. The topological polar surface area (TPSA) is 109 Å². The molecule has 42 heavy (non-hydrogen) atoms. The van der Waals surface area contributed by atoms with Crippen LogP contribution in [0.1, 0.15) is 76.8 Å². The number of rotatable bonds is 10. The molecule has 0 aromatic heterocycles. The number of methoxy groups -OCH3 is 2. The van der Waals surface area contributed by atoms with E-state index < -0.39 is 17.9 Å². The Morgan fingerprint density at radius 2 is 1.62 bits per heavy atom. The van der Waals surface area contributed by atoms with Gasteiger partial charge in [-0.1, -0.05) is 19.1 Å². The minimum atomic E-state index is -0.692. The van der Waals surface area contributed by atoms with Crippen LogP contribution < -0.4 is 24.3 Å². The Kier molecular flexibility index (Phi) is 9.60. The van der Waals surface area contributed by atoms with E-state index in [-0.39, 0.29) is 30.0 Å². The van der Waals surface area contributed by atoms with Crippen molar-refractivity contribution in [1.29, 1.82) is 0 Å². The SMILES string of the molecule is CCOc1cc(C2C(C(=O)OC(C)CC)=C(C)NC3=C2C(=O)CC(c2ccc(OC)c(OC)c2)C3)ccc1OC(C)=O. The first kappa shape index (κ1) is 30.7. The minimum Gasteiger partial charge on any atom is -0.493 e. The molecule has 0 radical (unpaired) electrons. The maximum absolute atomic E-state index is 14.0. The summed E-state index contributed by atoms with van der Waals surface area (Å²) in [7, 11) is 3.17. The normalized spacial score (nSPS) is 19.0. The monoisotopic (exact) mass is 577 g/mol. The van der Waals surface area contributed by atoms with E-state index in [0.717, 1.165) is 11.3 Å². The quantitative estimate of drug-likeness (QED) is 0.280. The van der Waals surface area contributed by atoms with Gasteiger partial charge in [0.15, 0.2) is 28.8 Å². The summed E-state index contributed by atoms with van der Waals surface area (Å²) in [4.78, 5) is 39.3. The summed E-state index contributed by atoms with van der Waals surface area (Å²) >= 11 is 0. The molecule has 4 rings (SSSR count). The number of ketones is 1. The molecule has 1 aliphatic heterocycles. The molecule has 2 aliphatic rings. The van der Waals surface area contributed by atoms with Gasteiger partial charge in [-0.05, 0) is 74.9 Å². The molecule has 3 atom stereocenters. The summed E-state index contributed by atoms with van der Waals surface area (Å²) in [6.07, 6.45) is 1.17.